The molecule has 0 saturated carbocycles. The lowest BCUT2D eigenvalue weighted by atomic mass is 10.2. The zero-order valence-corrected chi connectivity index (χ0v) is 11.6. The summed E-state index contributed by atoms with van der Waals surface area (Å²) in [7, 11) is 0. The van der Waals surface area contributed by atoms with E-state index in [4.69, 9.17) is 10.5 Å². The van der Waals surface area contributed by atoms with E-state index in [-0.39, 0.29) is 10.9 Å². The minimum atomic E-state index is 0.0753. The molecule has 0 fully saturated rings. The summed E-state index contributed by atoms with van der Waals surface area (Å²) in [6, 6.07) is 3.42. The predicted molar refractivity (Wildman–Crippen MR) is 73.0 cm³/mol. The maximum absolute atomic E-state index is 9.70. The molecule has 0 bridgehead atoms. The quantitative estimate of drug-likeness (QED) is 0.351. The van der Waals surface area contributed by atoms with Crippen molar-refractivity contribution in [3.05, 3.63) is 22.2 Å². The lowest BCUT2D eigenvalue weighted by molar-refractivity contribution is -0.499. The van der Waals surface area contributed by atoms with Gasteiger partial charge >= 0.3 is 0 Å². The highest BCUT2D eigenvalue weighted by Crippen LogP contribution is 2.34. The van der Waals surface area contributed by atoms with Crippen molar-refractivity contribution in [3.8, 4) is 11.5 Å². The lowest BCUT2D eigenvalue weighted by Gasteiger charge is -2.07. The second-order valence-electron chi connectivity index (χ2n) is 3.06. The lowest BCUT2D eigenvalue weighted by Crippen LogP contribution is -2.82. The topological polar surface area (TPSA) is 81.5 Å². The molecular formula is C10H13BrN3O2S+. The molecule has 5 nitrogen and oxygen atoms in total. The number of phenolic OH excluding ortho intramolecular Hbond substituents is 1. The van der Waals surface area contributed by atoms with Gasteiger partial charge in [0, 0.05) is 5.56 Å². The molecule has 0 aliphatic heterocycles. The predicted octanol–water partition coefficient (Wildman–Crippen LogP) is -0.199. The van der Waals surface area contributed by atoms with E-state index < -0.39 is 0 Å². The molecular weight excluding hydrogens is 306 g/mol. The van der Waals surface area contributed by atoms with Crippen LogP contribution >= 0.6 is 28.1 Å². The number of thiocarbonyl (C=S) groups is 1. The third kappa shape index (κ3) is 4.20. The molecule has 0 aliphatic rings. The monoisotopic (exact) mass is 318 g/mol. The molecule has 92 valence electrons. The molecule has 0 atom stereocenters. The van der Waals surface area contributed by atoms with E-state index >= 15 is 0 Å². The van der Waals surface area contributed by atoms with Crippen LogP contribution in [0.25, 0.3) is 0 Å². The number of hydrazine groups is 1. The molecule has 0 aromatic heterocycles. The maximum atomic E-state index is 9.70. The molecule has 1 rings (SSSR count). The summed E-state index contributed by atoms with van der Waals surface area (Å²) in [5.41, 5.74) is 8.61. The van der Waals surface area contributed by atoms with Crippen LogP contribution in [0, 0.1) is 0 Å². The summed E-state index contributed by atoms with van der Waals surface area (Å²) < 4.78 is 5.83. The van der Waals surface area contributed by atoms with Crippen molar-refractivity contribution in [2.45, 2.75) is 6.92 Å². The first-order valence-corrected chi connectivity index (χ1v) is 6.04. The van der Waals surface area contributed by atoms with E-state index in [2.05, 4.69) is 38.7 Å². The largest absolute Gasteiger partial charge is 0.503 e. The van der Waals surface area contributed by atoms with Crippen LogP contribution < -0.4 is 21.0 Å². The van der Waals surface area contributed by atoms with E-state index in [0.717, 1.165) is 5.56 Å². The minimum Gasteiger partial charge on any atom is -0.503 e. The third-order valence-corrected chi connectivity index (χ3v) is 2.49. The average Bonchev–Trinajstić information content (AvgIpc) is 2.25. The molecule has 5 N–H and O–H groups in total. The van der Waals surface area contributed by atoms with Gasteiger partial charge in [0.15, 0.2) is 17.7 Å². The number of hydrogen-bond acceptors (Lipinski definition) is 3. The summed E-state index contributed by atoms with van der Waals surface area (Å²) in [5.74, 6) is 0.483. The summed E-state index contributed by atoms with van der Waals surface area (Å²) in [6.07, 6.45) is 1.64. The number of aromatic hydroxyl groups is 1. The van der Waals surface area contributed by atoms with Gasteiger partial charge in [-0.3, -0.25) is 0 Å². The molecule has 1 aromatic carbocycles. The van der Waals surface area contributed by atoms with Crippen LogP contribution in [0.15, 0.2) is 16.6 Å². The van der Waals surface area contributed by atoms with Crippen molar-refractivity contribution in [2.24, 2.45) is 5.73 Å². The van der Waals surface area contributed by atoms with Gasteiger partial charge in [-0.25, -0.2) is 0 Å². The second kappa shape index (κ2) is 6.41. The fourth-order valence-electron chi connectivity index (χ4n) is 1.13. The highest BCUT2D eigenvalue weighted by molar-refractivity contribution is 9.10. The van der Waals surface area contributed by atoms with Crippen molar-refractivity contribution in [2.75, 3.05) is 6.61 Å². The van der Waals surface area contributed by atoms with Gasteiger partial charge in [0.2, 0.25) is 5.11 Å². The van der Waals surface area contributed by atoms with Gasteiger partial charge in [0.25, 0.3) is 0 Å². The van der Waals surface area contributed by atoms with Crippen LogP contribution in [-0.2, 0) is 0 Å². The summed E-state index contributed by atoms with van der Waals surface area (Å²) in [6.45, 7) is 2.32. The normalized spacial score (nSPS) is 10.5. The van der Waals surface area contributed by atoms with Crippen LogP contribution in [-0.4, -0.2) is 23.0 Å². The Balaban J connectivity index is 2.93. The van der Waals surface area contributed by atoms with E-state index in [1.54, 1.807) is 18.3 Å². The SMILES string of the molecule is CCOc1cc(C=[NH+]NC(N)=S)cc(Br)c1O. The van der Waals surface area contributed by atoms with Crippen LogP contribution in [0.3, 0.4) is 0 Å². The van der Waals surface area contributed by atoms with E-state index in [0.29, 0.717) is 16.8 Å². The highest BCUT2D eigenvalue weighted by atomic mass is 79.9. The van der Waals surface area contributed by atoms with Crippen LogP contribution in [0.4, 0.5) is 0 Å². The van der Waals surface area contributed by atoms with Crippen molar-refractivity contribution in [3.63, 3.8) is 0 Å². The molecule has 0 amide bonds. The van der Waals surface area contributed by atoms with Crippen LogP contribution in [0.2, 0.25) is 0 Å². The summed E-state index contributed by atoms with van der Waals surface area (Å²) in [4.78, 5) is 0. The Labute approximate surface area is 113 Å². The number of nitrogens with one attached hydrogen (secondary N) is 2. The molecule has 0 radical (unpaired) electrons. The van der Waals surface area contributed by atoms with Crippen molar-refractivity contribution in [1.29, 1.82) is 0 Å². The Bertz CT molecular complexity index is 451. The Morgan fingerprint density at radius 1 is 1.71 bits per heavy atom. The van der Waals surface area contributed by atoms with Gasteiger partial charge in [-0.05, 0) is 47.2 Å². The van der Waals surface area contributed by atoms with Gasteiger partial charge in [0.05, 0.1) is 11.1 Å². The van der Waals surface area contributed by atoms with Crippen molar-refractivity contribution >= 4 is 39.5 Å². The van der Waals surface area contributed by atoms with Crippen molar-refractivity contribution in [1.82, 2.24) is 5.43 Å². The second-order valence-corrected chi connectivity index (χ2v) is 4.35. The third-order valence-electron chi connectivity index (χ3n) is 1.78. The first-order chi connectivity index (χ1) is 8.04. The van der Waals surface area contributed by atoms with E-state index in [9.17, 15) is 5.11 Å². The molecule has 0 unspecified atom stereocenters. The number of ether oxygens (including phenoxy) is 1. The summed E-state index contributed by atoms with van der Waals surface area (Å²) in [5, 5.41) is 12.6. The number of hydrazone groups is 1. The minimum absolute atomic E-state index is 0.0753. The van der Waals surface area contributed by atoms with Gasteiger partial charge in [-0.1, -0.05) is 0 Å². The molecule has 0 spiro atoms. The first kappa shape index (κ1) is 13.7. The standard InChI is InChI=1S/C10H12BrN3O2S/c1-2-16-8-4-6(3-7(11)9(8)15)5-13-14-10(12)17/h3-5,15H,2H2,1H3,(H3,12,14,17)/p+1. The fraction of sp³-hybridized carbons (Fsp3) is 0.200. The van der Waals surface area contributed by atoms with Gasteiger partial charge in [0.1, 0.15) is 0 Å². The van der Waals surface area contributed by atoms with Crippen LogP contribution in [0.1, 0.15) is 12.5 Å². The van der Waals surface area contributed by atoms with Crippen molar-refractivity contribution < 1.29 is 14.9 Å². The Morgan fingerprint density at radius 3 is 3.00 bits per heavy atom. The Hall–Kier alpha value is -1.34. The zero-order valence-electron chi connectivity index (χ0n) is 9.16. The number of rotatable bonds is 4. The molecule has 17 heavy (non-hydrogen) atoms. The number of phenols is 1. The van der Waals surface area contributed by atoms with Gasteiger partial charge in [-0.2, -0.15) is 0 Å². The maximum Gasteiger partial charge on any atom is 0.221 e. The first-order valence-electron chi connectivity index (χ1n) is 4.84. The Kier molecular flexibility index (Phi) is 5.17. The molecule has 0 heterocycles. The molecule has 0 saturated heterocycles. The fourth-order valence-corrected chi connectivity index (χ4v) is 1.65. The van der Waals surface area contributed by atoms with E-state index in [1.165, 1.54) is 0 Å². The van der Waals surface area contributed by atoms with Crippen LogP contribution in [0.5, 0.6) is 11.5 Å². The smallest absolute Gasteiger partial charge is 0.221 e. The molecule has 1 aromatic rings. The number of nitrogens with two attached hydrogens (primary N) is 1. The highest BCUT2D eigenvalue weighted by Gasteiger charge is 2.09. The van der Waals surface area contributed by atoms with E-state index in [1.807, 2.05) is 6.92 Å². The Morgan fingerprint density at radius 2 is 2.41 bits per heavy atom. The average molecular weight is 319 g/mol. The zero-order chi connectivity index (χ0) is 12.8. The number of hydrogen-bond donors (Lipinski definition) is 4. The number of halogens is 1. The number of benzene rings is 1. The summed E-state index contributed by atoms with van der Waals surface area (Å²) >= 11 is 7.87. The molecule has 7 heteroatoms. The van der Waals surface area contributed by atoms with Gasteiger partial charge in [-0.15, -0.1) is 10.5 Å². The van der Waals surface area contributed by atoms with Gasteiger partial charge < -0.3 is 15.6 Å². The molecule has 0 aliphatic carbocycles.